The van der Waals surface area contributed by atoms with E-state index in [4.69, 9.17) is 5.73 Å². The Hall–Kier alpha value is -2.76. The summed E-state index contributed by atoms with van der Waals surface area (Å²) in [6.07, 6.45) is 10.1. The smallest absolute Gasteiger partial charge is 0.296 e. The number of pyridine rings is 1. The summed E-state index contributed by atoms with van der Waals surface area (Å²) in [4.78, 5) is 27.8. The predicted molar refractivity (Wildman–Crippen MR) is 111 cm³/mol. The molecule has 0 bridgehead atoms. The van der Waals surface area contributed by atoms with Gasteiger partial charge in [-0.15, -0.1) is 0 Å². The highest BCUT2D eigenvalue weighted by Gasteiger charge is 2.24. The van der Waals surface area contributed by atoms with Crippen LogP contribution in [0.1, 0.15) is 79.9 Å². The van der Waals surface area contributed by atoms with Gasteiger partial charge in [0.2, 0.25) is 0 Å². The largest absolute Gasteiger partial charge is 0.393 e. The third-order valence-corrected chi connectivity index (χ3v) is 4.89. The van der Waals surface area contributed by atoms with E-state index in [1.165, 1.54) is 25.7 Å². The van der Waals surface area contributed by atoms with Crippen LogP contribution in [0.25, 0.3) is 0 Å². The lowest BCUT2D eigenvalue weighted by Crippen LogP contribution is -2.09. The fourth-order valence-electron chi connectivity index (χ4n) is 3.33. The zero-order chi connectivity index (χ0) is 20.4. The summed E-state index contributed by atoms with van der Waals surface area (Å²) in [5.74, 6) is -0.126. The summed E-state index contributed by atoms with van der Waals surface area (Å²) < 4.78 is 0. The molecule has 2 rings (SSSR count). The lowest BCUT2D eigenvalue weighted by molar-refractivity contribution is -0.384. The Bertz CT molecular complexity index is 791. The number of nitrogens with zero attached hydrogens (tertiary/aromatic N) is 2. The Morgan fingerprint density at radius 2 is 1.79 bits per heavy atom. The lowest BCUT2D eigenvalue weighted by atomic mass is 9.97. The molecule has 6 nitrogen and oxygen atoms in total. The third-order valence-electron chi connectivity index (χ3n) is 4.89. The van der Waals surface area contributed by atoms with Crippen molar-refractivity contribution in [3.8, 4) is 0 Å². The average molecular weight is 383 g/mol. The molecule has 0 aliphatic rings. The number of rotatable bonds is 12. The van der Waals surface area contributed by atoms with E-state index >= 15 is 0 Å². The maximum atomic E-state index is 12.5. The van der Waals surface area contributed by atoms with Crippen LogP contribution in [0.15, 0.2) is 36.5 Å². The van der Waals surface area contributed by atoms with Gasteiger partial charge in [0.05, 0.1) is 4.92 Å². The van der Waals surface area contributed by atoms with E-state index < -0.39 is 4.92 Å². The highest BCUT2D eigenvalue weighted by molar-refractivity contribution is 6.02. The summed E-state index contributed by atoms with van der Waals surface area (Å²) in [7, 11) is 0. The van der Waals surface area contributed by atoms with E-state index in [1.54, 1.807) is 30.5 Å². The molecule has 0 saturated heterocycles. The van der Waals surface area contributed by atoms with Crippen molar-refractivity contribution < 1.29 is 9.72 Å². The highest BCUT2D eigenvalue weighted by atomic mass is 16.6. The van der Waals surface area contributed by atoms with Gasteiger partial charge in [-0.25, -0.2) is 0 Å². The molecule has 2 aromatic rings. The molecule has 0 saturated carbocycles. The zero-order valence-electron chi connectivity index (χ0n) is 16.5. The van der Waals surface area contributed by atoms with Gasteiger partial charge in [0.15, 0.2) is 5.78 Å². The number of aromatic nitrogens is 1. The van der Waals surface area contributed by atoms with Crippen molar-refractivity contribution in [2.75, 3.05) is 5.73 Å². The van der Waals surface area contributed by atoms with Crippen molar-refractivity contribution in [2.45, 2.75) is 64.7 Å². The molecule has 0 unspecified atom stereocenters. The van der Waals surface area contributed by atoms with Gasteiger partial charge in [-0.05, 0) is 24.6 Å². The molecule has 0 aliphatic carbocycles. The fourth-order valence-corrected chi connectivity index (χ4v) is 3.33. The first-order chi connectivity index (χ1) is 13.5. The Morgan fingerprint density at radius 1 is 1.07 bits per heavy atom. The fraction of sp³-hybridized carbons (Fsp3) is 0.455. The number of benzene rings is 1. The van der Waals surface area contributed by atoms with Crippen LogP contribution < -0.4 is 5.73 Å². The second-order valence-corrected chi connectivity index (χ2v) is 7.08. The number of nitrogen functional groups attached to an aromatic ring is 1. The molecule has 2 N–H and O–H groups in total. The zero-order valence-corrected chi connectivity index (χ0v) is 16.5. The van der Waals surface area contributed by atoms with Crippen molar-refractivity contribution in [1.29, 1.82) is 0 Å². The van der Waals surface area contributed by atoms with E-state index in [-0.39, 0.29) is 22.7 Å². The minimum absolute atomic E-state index is 0.0358. The Labute approximate surface area is 166 Å². The van der Waals surface area contributed by atoms with Crippen LogP contribution in [0.4, 0.5) is 11.4 Å². The lowest BCUT2D eigenvalue weighted by Gasteiger charge is -2.10. The van der Waals surface area contributed by atoms with E-state index in [2.05, 4.69) is 11.9 Å². The molecular weight excluding hydrogens is 354 g/mol. The van der Waals surface area contributed by atoms with Gasteiger partial charge in [0.25, 0.3) is 5.69 Å². The van der Waals surface area contributed by atoms with Crippen LogP contribution in [0.5, 0.6) is 0 Å². The maximum absolute atomic E-state index is 12.5. The number of unbranched alkanes of at least 4 members (excludes halogenated alkanes) is 6. The van der Waals surface area contributed by atoms with Gasteiger partial charge in [0, 0.05) is 35.9 Å². The number of nitro groups is 1. The number of anilines is 1. The van der Waals surface area contributed by atoms with Crippen LogP contribution in [0, 0.1) is 10.1 Å². The van der Waals surface area contributed by atoms with Gasteiger partial charge in [-0.3, -0.25) is 19.9 Å². The van der Waals surface area contributed by atoms with Gasteiger partial charge in [-0.1, -0.05) is 57.6 Å². The quantitative estimate of drug-likeness (QED) is 0.172. The minimum atomic E-state index is -0.502. The SMILES string of the molecule is CCCCCCCCCC(=O)c1ccc(Cc2ccccn2)c([N+](=O)[O-])c1N. The van der Waals surface area contributed by atoms with E-state index in [0.29, 0.717) is 24.1 Å². The van der Waals surface area contributed by atoms with E-state index in [0.717, 1.165) is 19.3 Å². The first-order valence-electron chi connectivity index (χ1n) is 10.0. The first-order valence-corrected chi connectivity index (χ1v) is 10.0. The molecule has 0 spiro atoms. The number of carbonyl (C=O) groups is 1. The third kappa shape index (κ3) is 6.15. The van der Waals surface area contributed by atoms with Crippen LogP contribution in [0.2, 0.25) is 0 Å². The topological polar surface area (TPSA) is 99.1 Å². The molecule has 0 aliphatic heterocycles. The molecule has 150 valence electrons. The molecule has 0 radical (unpaired) electrons. The number of hydrogen-bond donors (Lipinski definition) is 1. The number of nitrogens with two attached hydrogens (primary N) is 1. The van der Waals surface area contributed by atoms with Crippen molar-refractivity contribution in [2.24, 2.45) is 0 Å². The van der Waals surface area contributed by atoms with E-state index in [9.17, 15) is 14.9 Å². The van der Waals surface area contributed by atoms with Crippen LogP contribution in [0.3, 0.4) is 0 Å². The Morgan fingerprint density at radius 3 is 2.43 bits per heavy atom. The summed E-state index contributed by atoms with van der Waals surface area (Å²) in [6, 6.07) is 8.67. The molecular formula is C22H29N3O3. The molecule has 28 heavy (non-hydrogen) atoms. The van der Waals surface area contributed by atoms with Crippen molar-refractivity contribution >= 4 is 17.2 Å². The van der Waals surface area contributed by atoms with Crippen molar-refractivity contribution in [3.05, 3.63) is 63.5 Å². The van der Waals surface area contributed by atoms with Gasteiger partial charge < -0.3 is 5.73 Å². The molecule has 0 atom stereocenters. The van der Waals surface area contributed by atoms with E-state index in [1.807, 2.05) is 6.07 Å². The predicted octanol–water partition coefficient (Wildman–Crippen LogP) is 5.49. The average Bonchev–Trinajstić information content (AvgIpc) is 2.68. The molecule has 1 aromatic heterocycles. The monoisotopic (exact) mass is 383 g/mol. The standard InChI is InChI=1S/C22H29N3O3/c1-2-3-4-5-6-7-8-12-20(26)19-14-13-17(22(21(19)23)25(27)28)16-18-11-9-10-15-24-18/h9-11,13-15H,2-8,12,16,23H2,1H3. The van der Waals surface area contributed by atoms with Gasteiger partial charge >= 0.3 is 0 Å². The number of nitro benzene ring substituents is 1. The van der Waals surface area contributed by atoms with Crippen LogP contribution >= 0.6 is 0 Å². The maximum Gasteiger partial charge on any atom is 0.296 e. The number of ketones is 1. The summed E-state index contributed by atoms with van der Waals surface area (Å²) in [6.45, 7) is 2.18. The highest BCUT2D eigenvalue weighted by Crippen LogP contribution is 2.32. The normalized spacial score (nSPS) is 10.8. The minimum Gasteiger partial charge on any atom is -0.393 e. The molecule has 0 amide bonds. The molecule has 0 fully saturated rings. The van der Waals surface area contributed by atoms with Gasteiger partial charge in [-0.2, -0.15) is 0 Å². The number of Topliss-reactive ketones (excluding diaryl/α,β-unsaturated/α-hetero) is 1. The molecule has 6 heteroatoms. The van der Waals surface area contributed by atoms with Crippen LogP contribution in [-0.4, -0.2) is 15.7 Å². The van der Waals surface area contributed by atoms with Crippen molar-refractivity contribution in [1.82, 2.24) is 4.98 Å². The Kier molecular flexibility index (Phi) is 8.59. The molecule has 1 aromatic carbocycles. The first kappa shape index (κ1) is 21.5. The summed E-state index contributed by atoms with van der Waals surface area (Å²) in [5, 5.41) is 11.6. The summed E-state index contributed by atoms with van der Waals surface area (Å²) >= 11 is 0. The Balaban J connectivity index is 2.04. The second-order valence-electron chi connectivity index (χ2n) is 7.08. The molecule has 1 heterocycles. The number of hydrogen-bond acceptors (Lipinski definition) is 5. The second kappa shape index (κ2) is 11.2. The van der Waals surface area contributed by atoms with Crippen molar-refractivity contribution in [3.63, 3.8) is 0 Å². The number of carbonyl (C=O) groups excluding carboxylic acids is 1. The summed E-state index contributed by atoms with van der Waals surface area (Å²) in [5.41, 5.74) is 7.26. The van der Waals surface area contributed by atoms with Crippen LogP contribution in [-0.2, 0) is 6.42 Å². The van der Waals surface area contributed by atoms with Gasteiger partial charge in [0.1, 0.15) is 5.69 Å².